The monoisotopic (exact) mass is 270 g/mol. The standard InChI is InChI=1S/C16H34N2O/c1-15(2)7-5-3-4-6-10-17-13-14-19-16-8-11-18-12-9-16/h15-18H,3-14H2,1-2H3. The van der Waals surface area contributed by atoms with Crippen LogP contribution in [0.3, 0.4) is 0 Å². The number of hydrogen-bond acceptors (Lipinski definition) is 3. The summed E-state index contributed by atoms with van der Waals surface area (Å²) in [5.41, 5.74) is 0. The minimum absolute atomic E-state index is 0.499. The van der Waals surface area contributed by atoms with Crippen molar-refractivity contribution in [1.82, 2.24) is 10.6 Å². The first-order valence-corrected chi connectivity index (χ1v) is 8.32. The minimum Gasteiger partial charge on any atom is -0.377 e. The molecule has 1 aliphatic heterocycles. The average molecular weight is 270 g/mol. The molecule has 0 bridgehead atoms. The molecule has 0 radical (unpaired) electrons. The summed E-state index contributed by atoms with van der Waals surface area (Å²) in [5, 5.41) is 6.85. The predicted octanol–water partition coefficient (Wildman–Crippen LogP) is 2.95. The topological polar surface area (TPSA) is 33.3 Å². The maximum absolute atomic E-state index is 5.85. The first kappa shape index (κ1) is 16.9. The molecule has 0 atom stereocenters. The Balaban J connectivity index is 1.73. The number of rotatable bonds is 11. The van der Waals surface area contributed by atoms with Crippen LogP contribution in [0.5, 0.6) is 0 Å². The molecule has 0 saturated carbocycles. The van der Waals surface area contributed by atoms with Gasteiger partial charge in [-0.2, -0.15) is 0 Å². The van der Waals surface area contributed by atoms with E-state index in [1.165, 1.54) is 44.9 Å². The van der Waals surface area contributed by atoms with Gasteiger partial charge in [0.2, 0.25) is 0 Å². The lowest BCUT2D eigenvalue weighted by Crippen LogP contribution is -2.34. The highest BCUT2D eigenvalue weighted by Crippen LogP contribution is 2.09. The second-order valence-corrected chi connectivity index (χ2v) is 6.17. The van der Waals surface area contributed by atoms with E-state index in [-0.39, 0.29) is 0 Å². The smallest absolute Gasteiger partial charge is 0.0600 e. The Morgan fingerprint density at radius 2 is 1.79 bits per heavy atom. The summed E-state index contributed by atoms with van der Waals surface area (Å²) >= 11 is 0. The summed E-state index contributed by atoms with van der Waals surface area (Å²) in [7, 11) is 0. The molecule has 3 heteroatoms. The second kappa shape index (κ2) is 11.7. The van der Waals surface area contributed by atoms with Gasteiger partial charge in [0, 0.05) is 6.54 Å². The van der Waals surface area contributed by atoms with Gasteiger partial charge in [0.15, 0.2) is 0 Å². The van der Waals surface area contributed by atoms with E-state index in [1.807, 2.05) is 0 Å². The first-order valence-electron chi connectivity index (χ1n) is 8.32. The van der Waals surface area contributed by atoms with Crippen molar-refractivity contribution in [3.63, 3.8) is 0 Å². The Morgan fingerprint density at radius 1 is 1.05 bits per heavy atom. The zero-order valence-electron chi connectivity index (χ0n) is 13.0. The van der Waals surface area contributed by atoms with Crippen LogP contribution in [0.2, 0.25) is 0 Å². The molecule has 0 aromatic rings. The van der Waals surface area contributed by atoms with Gasteiger partial charge < -0.3 is 15.4 Å². The van der Waals surface area contributed by atoms with Crippen molar-refractivity contribution in [2.75, 3.05) is 32.8 Å². The maximum atomic E-state index is 5.85. The summed E-state index contributed by atoms with van der Waals surface area (Å²) in [6.07, 6.45) is 9.71. The average Bonchev–Trinajstić information content (AvgIpc) is 2.42. The fraction of sp³-hybridized carbons (Fsp3) is 1.00. The molecule has 0 aromatic carbocycles. The zero-order chi connectivity index (χ0) is 13.8. The van der Waals surface area contributed by atoms with Crippen molar-refractivity contribution in [1.29, 1.82) is 0 Å². The fourth-order valence-corrected chi connectivity index (χ4v) is 2.54. The van der Waals surface area contributed by atoms with Crippen LogP contribution in [0.25, 0.3) is 0 Å². The Bertz CT molecular complexity index is 191. The van der Waals surface area contributed by atoms with E-state index in [4.69, 9.17) is 4.74 Å². The number of hydrogen-bond donors (Lipinski definition) is 2. The summed E-state index contributed by atoms with van der Waals surface area (Å²) in [6.45, 7) is 9.89. The molecular weight excluding hydrogens is 236 g/mol. The van der Waals surface area contributed by atoms with Crippen LogP contribution in [0.15, 0.2) is 0 Å². The maximum Gasteiger partial charge on any atom is 0.0600 e. The van der Waals surface area contributed by atoms with Crippen molar-refractivity contribution < 1.29 is 4.74 Å². The highest BCUT2D eigenvalue weighted by atomic mass is 16.5. The fourth-order valence-electron chi connectivity index (χ4n) is 2.54. The molecule has 19 heavy (non-hydrogen) atoms. The van der Waals surface area contributed by atoms with Crippen LogP contribution in [0.1, 0.15) is 58.8 Å². The van der Waals surface area contributed by atoms with Crippen LogP contribution >= 0.6 is 0 Å². The molecule has 1 fully saturated rings. The Hall–Kier alpha value is -0.120. The normalized spacial score (nSPS) is 17.2. The van der Waals surface area contributed by atoms with Gasteiger partial charge >= 0.3 is 0 Å². The van der Waals surface area contributed by atoms with E-state index in [1.54, 1.807) is 0 Å². The molecule has 1 heterocycles. The molecule has 2 N–H and O–H groups in total. The molecule has 0 aliphatic carbocycles. The number of unbranched alkanes of at least 4 members (excludes halogenated alkanes) is 3. The summed E-state index contributed by atoms with van der Waals surface area (Å²) in [6, 6.07) is 0. The number of nitrogens with one attached hydrogen (secondary N) is 2. The van der Waals surface area contributed by atoms with Gasteiger partial charge in [-0.1, -0.05) is 39.5 Å². The van der Waals surface area contributed by atoms with E-state index in [0.29, 0.717) is 6.10 Å². The van der Waals surface area contributed by atoms with E-state index >= 15 is 0 Å². The first-order chi connectivity index (χ1) is 9.29. The van der Waals surface area contributed by atoms with Gasteiger partial charge in [-0.05, 0) is 44.8 Å². The van der Waals surface area contributed by atoms with Crippen molar-refractivity contribution in [3.05, 3.63) is 0 Å². The van der Waals surface area contributed by atoms with Crippen molar-refractivity contribution in [3.8, 4) is 0 Å². The Kier molecular flexibility index (Phi) is 10.4. The Morgan fingerprint density at radius 3 is 2.53 bits per heavy atom. The van der Waals surface area contributed by atoms with Crippen molar-refractivity contribution in [2.24, 2.45) is 5.92 Å². The zero-order valence-corrected chi connectivity index (χ0v) is 13.0. The second-order valence-electron chi connectivity index (χ2n) is 6.17. The molecule has 0 aromatic heterocycles. The van der Waals surface area contributed by atoms with Crippen molar-refractivity contribution >= 4 is 0 Å². The van der Waals surface area contributed by atoms with Crippen LogP contribution < -0.4 is 10.6 Å². The van der Waals surface area contributed by atoms with Crippen molar-refractivity contribution in [2.45, 2.75) is 64.9 Å². The van der Waals surface area contributed by atoms with Gasteiger partial charge in [-0.3, -0.25) is 0 Å². The third-order valence-electron chi connectivity index (χ3n) is 3.80. The molecule has 0 amide bonds. The van der Waals surface area contributed by atoms with Gasteiger partial charge in [-0.15, -0.1) is 0 Å². The molecule has 0 unspecified atom stereocenters. The largest absolute Gasteiger partial charge is 0.377 e. The molecular formula is C16H34N2O. The molecule has 0 spiro atoms. The minimum atomic E-state index is 0.499. The van der Waals surface area contributed by atoms with Crippen LogP contribution in [-0.4, -0.2) is 38.9 Å². The lowest BCUT2D eigenvalue weighted by atomic mass is 10.0. The highest BCUT2D eigenvalue weighted by Gasteiger charge is 2.12. The van der Waals surface area contributed by atoms with Crippen LogP contribution in [0, 0.1) is 5.92 Å². The highest BCUT2D eigenvalue weighted by molar-refractivity contribution is 4.68. The van der Waals surface area contributed by atoms with Gasteiger partial charge in [0.25, 0.3) is 0 Å². The molecule has 1 saturated heterocycles. The third-order valence-corrected chi connectivity index (χ3v) is 3.80. The van der Waals surface area contributed by atoms with Crippen LogP contribution in [-0.2, 0) is 4.74 Å². The van der Waals surface area contributed by atoms with Crippen LogP contribution in [0.4, 0.5) is 0 Å². The van der Waals surface area contributed by atoms with Gasteiger partial charge in [-0.25, -0.2) is 0 Å². The Labute approximate surface area is 119 Å². The predicted molar refractivity (Wildman–Crippen MR) is 82.6 cm³/mol. The SMILES string of the molecule is CC(C)CCCCCCNCCOC1CCNCC1. The van der Waals surface area contributed by atoms with E-state index < -0.39 is 0 Å². The number of ether oxygens (including phenoxy) is 1. The number of piperidine rings is 1. The lowest BCUT2D eigenvalue weighted by molar-refractivity contribution is 0.0349. The summed E-state index contributed by atoms with van der Waals surface area (Å²) in [4.78, 5) is 0. The van der Waals surface area contributed by atoms with E-state index in [0.717, 1.165) is 38.7 Å². The van der Waals surface area contributed by atoms with Gasteiger partial charge in [0.1, 0.15) is 0 Å². The third kappa shape index (κ3) is 10.3. The van der Waals surface area contributed by atoms with Gasteiger partial charge in [0.05, 0.1) is 12.7 Å². The summed E-state index contributed by atoms with van der Waals surface area (Å²) < 4.78 is 5.85. The quantitative estimate of drug-likeness (QED) is 0.566. The molecule has 3 nitrogen and oxygen atoms in total. The molecule has 1 aliphatic rings. The molecule has 114 valence electrons. The molecule has 1 rings (SSSR count). The summed E-state index contributed by atoms with van der Waals surface area (Å²) in [5.74, 6) is 0.866. The van der Waals surface area contributed by atoms with E-state index in [9.17, 15) is 0 Å². The lowest BCUT2D eigenvalue weighted by Gasteiger charge is -2.22. The van der Waals surface area contributed by atoms with E-state index in [2.05, 4.69) is 24.5 Å².